The van der Waals surface area contributed by atoms with Gasteiger partial charge in [-0.25, -0.2) is 0 Å². The summed E-state index contributed by atoms with van der Waals surface area (Å²) in [6.45, 7) is 15.0. The zero-order valence-corrected chi connectivity index (χ0v) is 44.6. The molecule has 0 spiro atoms. The minimum atomic E-state index is 0. The van der Waals surface area contributed by atoms with Gasteiger partial charge in [-0.3, -0.25) is 14.5 Å². The zero-order chi connectivity index (χ0) is 50.5. The summed E-state index contributed by atoms with van der Waals surface area (Å²) in [4.78, 5) is 34.6. The van der Waals surface area contributed by atoms with E-state index in [1.165, 1.54) is 16.7 Å². The summed E-state index contributed by atoms with van der Waals surface area (Å²) in [5.41, 5.74) is 5.09. The molecular weight excluding hydrogens is 928 g/mol. The van der Waals surface area contributed by atoms with Crippen molar-refractivity contribution in [3.05, 3.63) is 155 Å². The summed E-state index contributed by atoms with van der Waals surface area (Å²) >= 11 is 0. The van der Waals surface area contributed by atoms with E-state index in [1.807, 2.05) is 41.3 Å². The Kier molecular flexibility index (Phi) is 23.7. The highest BCUT2D eigenvalue weighted by molar-refractivity contribution is 5.96. The van der Waals surface area contributed by atoms with Gasteiger partial charge in [0.05, 0.1) is 39.5 Å². The molecule has 0 aromatic heterocycles. The molecule has 13 heteroatoms. The fourth-order valence-electron chi connectivity index (χ4n) is 10.0. The summed E-state index contributed by atoms with van der Waals surface area (Å²) in [5, 5.41) is 3.50. The lowest BCUT2D eigenvalue weighted by molar-refractivity contribution is 0.0374. The summed E-state index contributed by atoms with van der Waals surface area (Å²) < 4.78 is 33.1. The van der Waals surface area contributed by atoms with Crippen LogP contribution in [0.25, 0.3) is 0 Å². The van der Waals surface area contributed by atoms with Gasteiger partial charge in [0.1, 0.15) is 0 Å². The maximum absolute atomic E-state index is 14.2. The van der Waals surface area contributed by atoms with E-state index in [0.29, 0.717) is 66.5 Å². The van der Waals surface area contributed by atoms with Crippen LogP contribution in [0.4, 0.5) is 0 Å². The van der Waals surface area contributed by atoms with Crippen molar-refractivity contribution in [1.82, 2.24) is 20.0 Å². The van der Waals surface area contributed by atoms with Crippen molar-refractivity contribution in [1.29, 1.82) is 0 Å². The summed E-state index contributed by atoms with van der Waals surface area (Å²) in [6.07, 6.45) is 3.52. The predicted octanol–water partition coefficient (Wildman–Crippen LogP) is 10.5. The van der Waals surface area contributed by atoms with Crippen molar-refractivity contribution in [2.75, 3.05) is 81.0 Å². The highest BCUT2D eigenvalue weighted by Gasteiger charge is 2.39. The Morgan fingerprint density at radius 1 is 0.583 bits per heavy atom. The number of ether oxygens (including phenoxy) is 6. The van der Waals surface area contributed by atoms with Gasteiger partial charge in [-0.1, -0.05) is 91.0 Å². The number of piperidine rings is 2. The number of amides is 2. The fourth-order valence-corrected chi connectivity index (χ4v) is 10.0. The van der Waals surface area contributed by atoms with Crippen molar-refractivity contribution in [3.8, 4) is 23.0 Å². The number of halogens is 1. The van der Waals surface area contributed by atoms with Gasteiger partial charge >= 0.3 is 0 Å². The molecule has 0 aliphatic carbocycles. The summed E-state index contributed by atoms with van der Waals surface area (Å²) in [7, 11) is 6.57. The van der Waals surface area contributed by atoms with E-state index in [4.69, 9.17) is 28.4 Å². The van der Waals surface area contributed by atoms with Crippen LogP contribution in [-0.4, -0.2) is 132 Å². The number of rotatable bonds is 22. The van der Waals surface area contributed by atoms with E-state index in [9.17, 15) is 9.59 Å². The largest absolute Gasteiger partial charge is 0.493 e. The topological polar surface area (TPSA) is 111 Å². The van der Waals surface area contributed by atoms with Crippen LogP contribution in [0.3, 0.4) is 0 Å². The smallest absolute Gasteiger partial charge is 0.254 e. The van der Waals surface area contributed by atoms with Crippen molar-refractivity contribution >= 4 is 24.2 Å². The minimum absolute atomic E-state index is 0. The van der Waals surface area contributed by atoms with Crippen LogP contribution < -0.4 is 24.3 Å². The van der Waals surface area contributed by atoms with Gasteiger partial charge in [-0.15, -0.1) is 12.4 Å². The predicted molar refractivity (Wildman–Crippen MR) is 290 cm³/mol. The van der Waals surface area contributed by atoms with Crippen molar-refractivity contribution in [3.63, 3.8) is 0 Å². The summed E-state index contributed by atoms with van der Waals surface area (Å²) in [5.74, 6) is 2.99. The Hall–Kier alpha value is -5.63. The standard InChI is InChI=1S/C33H42N2O4.C26H36N2O4.ClH/c1-25(2)35(33(36)28-16-17-31(38-4)32(22-28)39-21-11-20-37-3)30-24-34(23-26-12-7-5-8-13-26)19-18-29(30)27-14-9-6-10-15-27;1-19(2)28(23-18-27-14-13-22(23)20-9-6-5-7-10-20)26(29)21-11-12-24(31-4)25(17-21)32-16-8-15-30-3;/h5-10,12-17,22,25,29-30H,11,18-21,23-24H2,1-4H3;5-7,9-12,17,19,22-23,27H,8,13-16,18H2,1-4H3;1H/t29-,30+;22-,23+;/m11./s1. The third-order valence-corrected chi connectivity index (χ3v) is 13.4. The van der Waals surface area contributed by atoms with Crippen LogP contribution in [0, 0.1) is 0 Å². The molecule has 0 radical (unpaired) electrons. The lowest BCUT2D eigenvalue weighted by Gasteiger charge is -2.46. The van der Waals surface area contributed by atoms with Crippen molar-refractivity contribution in [2.24, 2.45) is 0 Å². The lowest BCUT2D eigenvalue weighted by Crippen LogP contribution is -2.55. The summed E-state index contributed by atoms with van der Waals surface area (Å²) in [6, 6.07) is 42.9. The third kappa shape index (κ3) is 15.7. The molecule has 2 fully saturated rings. The highest BCUT2D eigenvalue weighted by atomic mass is 35.5. The van der Waals surface area contributed by atoms with Gasteiger partial charge in [0.2, 0.25) is 0 Å². The van der Waals surface area contributed by atoms with Crippen LogP contribution in [-0.2, 0) is 16.0 Å². The molecule has 4 atom stereocenters. The molecule has 5 aromatic carbocycles. The number of nitrogens with one attached hydrogen (secondary N) is 1. The Morgan fingerprint density at radius 3 is 1.50 bits per heavy atom. The van der Waals surface area contributed by atoms with Gasteiger partial charge in [0.25, 0.3) is 11.8 Å². The van der Waals surface area contributed by atoms with E-state index in [-0.39, 0.29) is 54.3 Å². The number of carbonyl (C=O) groups is 2. The first-order valence-electron chi connectivity index (χ1n) is 25.4. The third-order valence-electron chi connectivity index (χ3n) is 13.4. The molecule has 72 heavy (non-hydrogen) atoms. The lowest BCUT2D eigenvalue weighted by atomic mass is 9.83. The molecule has 2 saturated heterocycles. The van der Waals surface area contributed by atoms with Crippen molar-refractivity contribution in [2.45, 2.75) is 95.9 Å². The number of hydrogen-bond acceptors (Lipinski definition) is 10. The van der Waals surface area contributed by atoms with E-state index in [0.717, 1.165) is 58.4 Å². The van der Waals surface area contributed by atoms with Gasteiger partial charge in [-0.2, -0.15) is 0 Å². The second kappa shape index (κ2) is 29.8. The molecule has 7 rings (SSSR count). The maximum Gasteiger partial charge on any atom is 0.254 e. The number of likely N-dealkylation sites (tertiary alicyclic amines) is 1. The average molecular weight is 1010 g/mol. The number of benzene rings is 5. The average Bonchev–Trinajstić information content (AvgIpc) is 3.40. The van der Waals surface area contributed by atoms with Crippen LogP contribution in [0.5, 0.6) is 23.0 Å². The SMILES string of the molecule is COCCCOc1cc(C(=O)N(C(C)C)[C@H]2CN(Cc3ccccc3)CC[C@@H]2c2ccccc2)ccc1OC.COCCCOc1cc(C(=O)N(C(C)C)[C@H]2CNCC[C@@H]2c2ccccc2)ccc1OC.Cl. The molecule has 390 valence electrons. The zero-order valence-electron chi connectivity index (χ0n) is 43.8. The Labute approximate surface area is 435 Å². The molecule has 2 aliphatic heterocycles. The van der Waals surface area contributed by atoms with Gasteiger partial charge < -0.3 is 43.5 Å². The van der Waals surface area contributed by atoms with Crippen LogP contribution in [0.2, 0.25) is 0 Å². The quantitative estimate of drug-likeness (QED) is 0.0673. The van der Waals surface area contributed by atoms with E-state index in [2.05, 4.69) is 128 Å². The van der Waals surface area contributed by atoms with Crippen LogP contribution in [0.1, 0.15) is 103 Å². The number of hydrogen-bond donors (Lipinski definition) is 1. The van der Waals surface area contributed by atoms with Gasteiger partial charge in [0.15, 0.2) is 23.0 Å². The Bertz CT molecular complexity index is 2360. The minimum Gasteiger partial charge on any atom is -0.493 e. The second-order valence-corrected chi connectivity index (χ2v) is 18.9. The van der Waals surface area contributed by atoms with Crippen molar-refractivity contribution < 1.29 is 38.0 Å². The Balaban J connectivity index is 0.000000269. The fraction of sp³-hybridized carbons (Fsp3) is 0.458. The maximum atomic E-state index is 14.2. The second-order valence-electron chi connectivity index (χ2n) is 18.9. The molecule has 5 aromatic rings. The first-order chi connectivity index (χ1) is 34.6. The monoisotopic (exact) mass is 1010 g/mol. The van der Waals surface area contributed by atoms with E-state index >= 15 is 0 Å². The van der Waals surface area contributed by atoms with E-state index < -0.39 is 0 Å². The number of methoxy groups -OCH3 is 4. The molecule has 12 nitrogen and oxygen atoms in total. The number of nitrogens with zero attached hydrogens (tertiary/aromatic N) is 3. The molecular formula is C59H79ClN4O8. The molecule has 2 aliphatic rings. The molecule has 2 amide bonds. The first kappa shape index (κ1) is 57.3. The number of carbonyl (C=O) groups excluding carboxylic acids is 2. The highest BCUT2D eigenvalue weighted by Crippen LogP contribution is 2.37. The van der Waals surface area contributed by atoms with E-state index in [1.54, 1.807) is 34.5 Å². The molecule has 0 saturated carbocycles. The molecule has 1 N–H and O–H groups in total. The molecule has 2 heterocycles. The molecule has 0 bridgehead atoms. The van der Waals surface area contributed by atoms with Crippen LogP contribution >= 0.6 is 12.4 Å². The van der Waals surface area contributed by atoms with Gasteiger partial charge in [0, 0.05) is 95.0 Å². The normalized spacial score (nSPS) is 17.8. The van der Waals surface area contributed by atoms with Crippen LogP contribution in [0.15, 0.2) is 127 Å². The molecule has 0 unspecified atom stereocenters. The first-order valence-corrected chi connectivity index (χ1v) is 25.4. The van der Waals surface area contributed by atoms with Gasteiger partial charge in [-0.05, 0) is 107 Å². The Morgan fingerprint density at radius 2 is 1.04 bits per heavy atom.